The lowest BCUT2D eigenvalue weighted by Crippen LogP contribution is -2.41. The van der Waals surface area contributed by atoms with Gasteiger partial charge in [0.15, 0.2) is 0 Å². The molecule has 1 heterocycles. The van der Waals surface area contributed by atoms with Crippen LogP contribution in [0.4, 0.5) is 10.5 Å². The highest BCUT2D eigenvalue weighted by Gasteiger charge is 2.31. The lowest BCUT2D eigenvalue weighted by Gasteiger charge is -2.25. The van der Waals surface area contributed by atoms with Crippen LogP contribution in [-0.2, 0) is 21.2 Å². The second kappa shape index (κ2) is 7.83. The minimum Gasteiger partial charge on any atom is -0.444 e. The molecule has 0 saturated carbocycles. The molecule has 0 fully saturated rings. The van der Waals surface area contributed by atoms with E-state index in [0.29, 0.717) is 18.5 Å². The molecule has 3 rings (SSSR count). The van der Waals surface area contributed by atoms with Gasteiger partial charge in [0, 0.05) is 12.6 Å². The number of amides is 1. The predicted octanol–water partition coefficient (Wildman–Crippen LogP) is 3.72. The molecule has 1 unspecified atom stereocenters. The summed E-state index contributed by atoms with van der Waals surface area (Å²) in [5.41, 5.74) is 0.940. The summed E-state index contributed by atoms with van der Waals surface area (Å²) in [4.78, 5) is 12.4. The zero-order valence-corrected chi connectivity index (χ0v) is 17.2. The smallest absolute Gasteiger partial charge is 0.407 e. The zero-order chi connectivity index (χ0) is 20.4. The molecule has 0 aromatic heterocycles. The fourth-order valence-electron chi connectivity index (χ4n) is 3.25. The van der Waals surface area contributed by atoms with Crippen molar-refractivity contribution in [1.29, 1.82) is 0 Å². The van der Waals surface area contributed by atoms with Crippen molar-refractivity contribution in [3.05, 3.63) is 60.2 Å². The van der Waals surface area contributed by atoms with E-state index in [1.807, 2.05) is 45.0 Å². The summed E-state index contributed by atoms with van der Waals surface area (Å²) in [6.45, 7) is 5.70. The van der Waals surface area contributed by atoms with E-state index in [0.717, 1.165) is 5.56 Å². The number of benzene rings is 2. The van der Waals surface area contributed by atoms with Crippen LogP contribution < -0.4 is 9.62 Å². The van der Waals surface area contributed by atoms with Crippen molar-refractivity contribution in [3.8, 4) is 0 Å². The van der Waals surface area contributed by atoms with Crippen LogP contribution in [0.25, 0.3) is 0 Å². The Morgan fingerprint density at radius 2 is 1.71 bits per heavy atom. The van der Waals surface area contributed by atoms with Gasteiger partial charge in [-0.25, -0.2) is 13.2 Å². The molecular formula is C21H26N2O4S. The van der Waals surface area contributed by atoms with Crippen LogP contribution in [0.2, 0.25) is 0 Å². The summed E-state index contributed by atoms with van der Waals surface area (Å²) in [6.07, 6.45) is 0.533. The number of alkyl carbamates (subject to hydrolysis) is 1. The third-order valence-electron chi connectivity index (χ3n) is 4.46. The van der Waals surface area contributed by atoms with Crippen LogP contribution in [0.3, 0.4) is 0 Å². The molecule has 0 spiro atoms. The minimum absolute atomic E-state index is 0.216. The summed E-state index contributed by atoms with van der Waals surface area (Å²) in [7, 11) is -3.69. The number of nitrogens with one attached hydrogen (secondary N) is 1. The average Bonchev–Trinajstić information content (AvgIpc) is 2.80. The predicted molar refractivity (Wildman–Crippen MR) is 109 cm³/mol. The molecule has 6 nitrogen and oxygen atoms in total. The molecule has 1 N–H and O–H groups in total. The van der Waals surface area contributed by atoms with Gasteiger partial charge in [0.05, 0.1) is 10.6 Å². The maximum absolute atomic E-state index is 13.2. The molecule has 28 heavy (non-hydrogen) atoms. The van der Waals surface area contributed by atoms with Gasteiger partial charge in [-0.2, -0.15) is 0 Å². The lowest BCUT2D eigenvalue weighted by molar-refractivity contribution is 0.0503. The summed E-state index contributed by atoms with van der Waals surface area (Å²) in [6, 6.07) is 15.6. The van der Waals surface area contributed by atoms with E-state index in [1.54, 1.807) is 30.3 Å². The molecule has 0 radical (unpaired) electrons. The molecule has 7 heteroatoms. The van der Waals surface area contributed by atoms with Crippen molar-refractivity contribution in [1.82, 2.24) is 5.32 Å². The largest absolute Gasteiger partial charge is 0.444 e. The third kappa shape index (κ3) is 4.65. The molecule has 1 atom stereocenters. The third-order valence-corrected chi connectivity index (χ3v) is 6.29. The number of ether oxygens (including phenoxy) is 1. The number of para-hydroxylation sites is 1. The number of carbonyl (C=O) groups is 1. The highest BCUT2D eigenvalue weighted by atomic mass is 32.2. The van der Waals surface area contributed by atoms with Gasteiger partial charge in [0.25, 0.3) is 10.0 Å². The van der Waals surface area contributed by atoms with Gasteiger partial charge in [0.2, 0.25) is 0 Å². The summed E-state index contributed by atoms with van der Waals surface area (Å²) in [5, 5.41) is 2.89. The molecule has 0 bridgehead atoms. The Balaban J connectivity index is 1.88. The van der Waals surface area contributed by atoms with Crippen molar-refractivity contribution in [2.45, 2.75) is 50.2 Å². The molecule has 1 amide bonds. The van der Waals surface area contributed by atoms with Gasteiger partial charge < -0.3 is 10.1 Å². The van der Waals surface area contributed by atoms with Crippen LogP contribution in [-0.4, -0.2) is 32.7 Å². The number of rotatable bonds is 3. The van der Waals surface area contributed by atoms with E-state index in [4.69, 9.17) is 4.74 Å². The summed E-state index contributed by atoms with van der Waals surface area (Å²) < 4.78 is 33.3. The van der Waals surface area contributed by atoms with Crippen LogP contribution in [0, 0.1) is 0 Å². The van der Waals surface area contributed by atoms with Crippen molar-refractivity contribution < 1.29 is 17.9 Å². The Hall–Kier alpha value is -2.54. The molecule has 0 saturated heterocycles. The number of hydrogen-bond donors (Lipinski definition) is 1. The SMILES string of the molecule is CC(C)(C)OC(=O)NC1CCN(S(=O)(=O)c2ccccc2)c2ccccc2C1. The Bertz CT molecular complexity index is 936. The topological polar surface area (TPSA) is 75.7 Å². The maximum Gasteiger partial charge on any atom is 0.407 e. The lowest BCUT2D eigenvalue weighted by atomic mass is 10.0. The molecule has 150 valence electrons. The van der Waals surface area contributed by atoms with Gasteiger partial charge in [-0.3, -0.25) is 4.31 Å². The van der Waals surface area contributed by atoms with Crippen molar-refractivity contribution in [2.75, 3.05) is 10.8 Å². The fourth-order valence-corrected chi connectivity index (χ4v) is 4.79. The molecule has 2 aromatic carbocycles. The standard InChI is InChI=1S/C21H26N2O4S/c1-21(2,3)27-20(24)22-17-13-14-23(19-12-8-7-9-16(19)15-17)28(25,26)18-10-5-4-6-11-18/h4-12,17H,13-15H2,1-3H3,(H,22,24). The zero-order valence-electron chi connectivity index (χ0n) is 16.4. The first kappa shape index (κ1) is 20.2. The van der Waals surface area contributed by atoms with Crippen molar-refractivity contribution >= 4 is 21.8 Å². The van der Waals surface area contributed by atoms with E-state index in [1.165, 1.54) is 4.31 Å². The highest BCUT2D eigenvalue weighted by Crippen LogP contribution is 2.31. The first-order valence-electron chi connectivity index (χ1n) is 9.32. The van der Waals surface area contributed by atoms with Crippen LogP contribution >= 0.6 is 0 Å². The minimum atomic E-state index is -3.69. The van der Waals surface area contributed by atoms with Crippen molar-refractivity contribution in [3.63, 3.8) is 0 Å². The summed E-state index contributed by atoms with van der Waals surface area (Å²) in [5.74, 6) is 0. The summed E-state index contributed by atoms with van der Waals surface area (Å²) >= 11 is 0. The number of nitrogens with zero attached hydrogens (tertiary/aromatic N) is 1. The Labute approximate surface area is 166 Å². The van der Waals surface area contributed by atoms with Crippen LogP contribution in [0.15, 0.2) is 59.5 Å². The molecule has 1 aliphatic heterocycles. The quantitative estimate of drug-likeness (QED) is 0.849. The van der Waals surface area contributed by atoms with E-state index < -0.39 is 21.7 Å². The second-order valence-corrected chi connectivity index (χ2v) is 9.72. The fraction of sp³-hybridized carbons (Fsp3) is 0.381. The average molecular weight is 403 g/mol. The maximum atomic E-state index is 13.2. The monoisotopic (exact) mass is 402 g/mol. The first-order chi connectivity index (χ1) is 13.2. The number of fused-ring (bicyclic) bond motifs is 1. The normalized spacial score (nSPS) is 17.4. The number of sulfonamides is 1. The van der Waals surface area contributed by atoms with Crippen LogP contribution in [0.5, 0.6) is 0 Å². The van der Waals surface area contributed by atoms with Gasteiger partial charge >= 0.3 is 6.09 Å². The highest BCUT2D eigenvalue weighted by molar-refractivity contribution is 7.92. The van der Waals surface area contributed by atoms with E-state index >= 15 is 0 Å². The second-order valence-electron chi connectivity index (χ2n) is 7.85. The number of anilines is 1. The molecule has 1 aliphatic rings. The Morgan fingerprint density at radius 3 is 2.39 bits per heavy atom. The first-order valence-corrected chi connectivity index (χ1v) is 10.8. The molecule has 2 aromatic rings. The van der Waals surface area contributed by atoms with Gasteiger partial charge in [-0.05, 0) is 57.4 Å². The number of hydrogen-bond acceptors (Lipinski definition) is 4. The molecule has 0 aliphatic carbocycles. The molecular weight excluding hydrogens is 376 g/mol. The Kier molecular flexibility index (Phi) is 5.65. The van der Waals surface area contributed by atoms with E-state index in [-0.39, 0.29) is 17.5 Å². The van der Waals surface area contributed by atoms with Crippen LogP contribution in [0.1, 0.15) is 32.8 Å². The Morgan fingerprint density at radius 1 is 1.07 bits per heavy atom. The van der Waals surface area contributed by atoms with E-state index in [9.17, 15) is 13.2 Å². The van der Waals surface area contributed by atoms with Gasteiger partial charge in [0.1, 0.15) is 5.60 Å². The van der Waals surface area contributed by atoms with E-state index in [2.05, 4.69) is 5.32 Å². The van der Waals surface area contributed by atoms with Crippen molar-refractivity contribution in [2.24, 2.45) is 0 Å². The van der Waals surface area contributed by atoms with Gasteiger partial charge in [-0.1, -0.05) is 36.4 Å². The van der Waals surface area contributed by atoms with Gasteiger partial charge in [-0.15, -0.1) is 0 Å². The number of carbonyl (C=O) groups excluding carboxylic acids is 1.